The van der Waals surface area contributed by atoms with Crippen molar-refractivity contribution in [3.63, 3.8) is 0 Å². The van der Waals surface area contributed by atoms with E-state index >= 15 is 0 Å². The zero-order valence-corrected chi connectivity index (χ0v) is 14.2. The molecule has 0 bridgehead atoms. The molecule has 0 saturated carbocycles. The summed E-state index contributed by atoms with van der Waals surface area (Å²) in [7, 11) is 0. The van der Waals surface area contributed by atoms with Crippen LogP contribution in [0.3, 0.4) is 0 Å². The number of benzene rings is 1. The van der Waals surface area contributed by atoms with Gasteiger partial charge in [-0.05, 0) is 30.2 Å². The molecular formula is C16H13ClN4O2S. The van der Waals surface area contributed by atoms with Crippen LogP contribution in [0.4, 0.5) is 5.13 Å². The Balaban J connectivity index is 1.68. The summed E-state index contributed by atoms with van der Waals surface area (Å²) in [6, 6.07) is 8.53. The molecule has 3 rings (SSSR count). The summed E-state index contributed by atoms with van der Waals surface area (Å²) in [6.45, 7) is 1.96. The van der Waals surface area contributed by atoms with Crippen LogP contribution in [0.1, 0.15) is 26.5 Å². The van der Waals surface area contributed by atoms with Gasteiger partial charge in [-0.1, -0.05) is 23.7 Å². The van der Waals surface area contributed by atoms with Crippen LogP contribution in [-0.2, 0) is 6.42 Å². The molecule has 0 spiro atoms. The van der Waals surface area contributed by atoms with Gasteiger partial charge in [0.1, 0.15) is 5.69 Å². The first-order valence-corrected chi connectivity index (χ1v) is 8.27. The Morgan fingerprint density at radius 2 is 2.17 bits per heavy atom. The van der Waals surface area contributed by atoms with Crippen LogP contribution >= 0.6 is 22.9 Å². The third-order valence-corrected chi connectivity index (χ3v) is 4.62. The van der Waals surface area contributed by atoms with Gasteiger partial charge in [-0.15, -0.1) is 11.3 Å². The Morgan fingerprint density at radius 1 is 1.33 bits per heavy atom. The fraction of sp³-hybridized carbons (Fsp3) is 0.125. The molecule has 0 aliphatic carbocycles. The molecule has 2 heterocycles. The van der Waals surface area contributed by atoms with Gasteiger partial charge in [-0.3, -0.25) is 14.9 Å². The molecule has 0 radical (unpaired) electrons. The number of rotatable bonds is 4. The Bertz CT molecular complexity index is 931. The maximum absolute atomic E-state index is 12.0. The highest BCUT2D eigenvalue weighted by Crippen LogP contribution is 2.24. The second-order valence-electron chi connectivity index (χ2n) is 5.15. The average Bonchev–Trinajstić information content (AvgIpc) is 2.98. The summed E-state index contributed by atoms with van der Waals surface area (Å²) in [5.41, 5.74) is 1.87. The molecular weight excluding hydrogens is 348 g/mol. The zero-order valence-electron chi connectivity index (χ0n) is 12.7. The van der Waals surface area contributed by atoms with Crippen molar-refractivity contribution in [1.82, 2.24) is 15.2 Å². The van der Waals surface area contributed by atoms with Gasteiger partial charge in [0.25, 0.3) is 11.5 Å². The molecule has 0 fully saturated rings. The number of thiazole rings is 1. The minimum Gasteiger partial charge on any atom is -0.296 e. The van der Waals surface area contributed by atoms with Crippen molar-refractivity contribution in [3.8, 4) is 0 Å². The van der Waals surface area contributed by atoms with Crippen LogP contribution in [0.15, 0.2) is 41.3 Å². The number of carbonyl (C=O) groups excluding carboxylic acids is 1. The lowest BCUT2D eigenvalue weighted by Crippen LogP contribution is -2.17. The topological polar surface area (TPSA) is 87.7 Å². The smallest absolute Gasteiger partial charge is 0.277 e. The van der Waals surface area contributed by atoms with E-state index in [2.05, 4.69) is 20.5 Å². The number of aromatic amines is 1. The molecule has 0 aliphatic rings. The molecule has 6 nitrogen and oxygen atoms in total. The van der Waals surface area contributed by atoms with Crippen molar-refractivity contribution in [2.75, 3.05) is 5.32 Å². The van der Waals surface area contributed by atoms with Crippen LogP contribution < -0.4 is 10.9 Å². The first kappa shape index (κ1) is 16.4. The Kier molecular flexibility index (Phi) is 4.73. The molecule has 1 amide bonds. The van der Waals surface area contributed by atoms with Gasteiger partial charge in [0.15, 0.2) is 5.13 Å². The van der Waals surface area contributed by atoms with E-state index in [-0.39, 0.29) is 11.3 Å². The van der Waals surface area contributed by atoms with Gasteiger partial charge in [0.2, 0.25) is 0 Å². The first-order chi connectivity index (χ1) is 11.5. The second kappa shape index (κ2) is 6.94. The Labute approximate surface area is 146 Å². The first-order valence-electron chi connectivity index (χ1n) is 7.08. The number of anilines is 1. The zero-order chi connectivity index (χ0) is 17.1. The lowest BCUT2D eigenvalue weighted by Gasteiger charge is -2.02. The van der Waals surface area contributed by atoms with Crippen molar-refractivity contribution in [3.05, 3.63) is 73.6 Å². The Hall–Kier alpha value is -2.51. The average molecular weight is 361 g/mol. The number of hydrogen-bond acceptors (Lipinski definition) is 5. The van der Waals surface area contributed by atoms with Gasteiger partial charge in [-0.25, -0.2) is 10.1 Å². The van der Waals surface area contributed by atoms with E-state index in [1.807, 2.05) is 25.1 Å². The van der Waals surface area contributed by atoms with Crippen LogP contribution in [-0.4, -0.2) is 21.1 Å². The van der Waals surface area contributed by atoms with Crippen molar-refractivity contribution >= 4 is 34.0 Å². The molecule has 122 valence electrons. The maximum atomic E-state index is 12.0. The summed E-state index contributed by atoms with van der Waals surface area (Å²) in [5, 5.41) is 9.76. The lowest BCUT2D eigenvalue weighted by atomic mass is 10.1. The normalized spacial score (nSPS) is 10.6. The number of aryl methyl sites for hydroxylation is 1. The van der Waals surface area contributed by atoms with E-state index in [9.17, 15) is 9.59 Å². The standard InChI is InChI=1S/C16H13ClN4O2S/c1-9-2-3-10(7-12(9)17)6-11-8-18-16(24-11)19-15(23)13-4-5-14(22)21-20-13/h2-5,7-8H,6H2,1H3,(H,21,22)(H,18,19,23). The number of amides is 1. The number of carbonyl (C=O) groups is 1. The molecule has 0 atom stereocenters. The van der Waals surface area contributed by atoms with Crippen molar-refractivity contribution in [1.29, 1.82) is 0 Å². The highest BCUT2D eigenvalue weighted by atomic mass is 35.5. The second-order valence-corrected chi connectivity index (χ2v) is 6.67. The number of nitrogens with one attached hydrogen (secondary N) is 2. The van der Waals surface area contributed by atoms with Crippen molar-refractivity contribution in [2.45, 2.75) is 13.3 Å². The molecule has 0 aliphatic heterocycles. The maximum Gasteiger partial charge on any atom is 0.277 e. The summed E-state index contributed by atoms with van der Waals surface area (Å²) < 4.78 is 0. The number of nitrogens with zero attached hydrogens (tertiary/aromatic N) is 2. The fourth-order valence-corrected chi connectivity index (χ4v) is 3.07. The summed E-state index contributed by atoms with van der Waals surface area (Å²) in [6.07, 6.45) is 2.40. The van der Waals surface area contributed by atoms with Gasteiger partial charge in [-0.2, -0.15) is 5.10 Å². The van der Waals surface area contributed by atoms with E-state index in [4.69, 9.17) is 11.6 Å². The summed E-state index contributed by atoms with van der Waals surface area (Å²) in [4.78, 5) is 28.2. The van der Waals surface area contributed by atoms with E-state index in [0.717, 1.165) is 21.0 Å². The van der Waals surface area contributed by atoms with Crippen LogP contribution in [0.5, 0.6) is 0 Å². The van der Waals surface area contributed by atoms with Crippen molar-refractivity contribution in [2.24, 2.45) is 0 Å². The SMILES string of the molecule is Cc1ccc(Cc2cnc(NC(=O)c3ccc(=O)[nH]n3)s2)cc1Cl. The van der Waals surface area contributed by atoms with Gasteiger partial charge < -0.3 is 0 Å². The molecule has 8 heteroatoms. The van der Waals surface area contributed by atoms with Crippen molar-refractivity contribution < 1.29 is 4.79 Å². The van der Waals surface area contributed by atoms with Crippen LogP contribution in [0.2, 0.25) is 5.02 Å². The van der Waals surface area contributed by atoms with Gasteiger partial charge >= 0.3 is 0 Å². The lowest BCUT2D eigenvalue weighted by molar-refractivity contribution is 0.102. The highest BCUT2D eigenvalue weighted by molar-refractivity contribution is 7.15. The predicted molar refractivity (Wildman–Crippen MR) is 93.9 cm³/mol. The highest BCUT2D eigenvalue weighted by Gasteiger charge is 2.11. The minimum absolute atomic E-state index is 0.122. The predicted octanol–water partition coefficient (Wildman–Crippen LogP) is 3.03. The van der Waals surface area contributed by atoms with Crippen LogP contribution in [0.25, 0.3) is 0 Å². The summed E-state index contributed by atoms with van der Waals surface area (Å²) in [5.74, 6) is -0.425. The van der Waals surface area contributed by atoms with Crippen LogP contribution in [0, 0.1) is 6.92 Å². The molecule has 3 aromatic rings. The quantitative estimate of drug-likeness (QED) is 0.748. The van der Waals surface area contributed by atoms with E-state index < -0.39 is 5.91 Å². The monoisotopic (exact) mass is 360 g/mol. The van der Waals surface area contributed by atoms with Gasteiger partial charge in [0, 0.05) is 28.6 Å². The number of aromatic nitrogens is 3. The van der Waals surface area contributed by atoms with E-state index in [1.54, 1.807) is 6.20 Å². The number of halogens is 1. The molecule has 0 saturated heterocycles. The fourth-order valence-electron chi connectivity index (χ4n) is 2.03. The van der Waals surface area contributed by atoms with E-state index in [1.165, 1.54) is 23.5 Å². The number of hydrogen-bond donors (Lipinski definition) is 2. The summed E-state index contributed by atoms with van der Waals surface area (Å²) >= 11 is 7.51. The molecule has 2 aromatic heterocycles. The molecule has 2 N–H and O–H groups in total. The van der Waals surface area contributed by atoms with E-state index in [0.29, 0.717) is 11.6 Å². The molecule has 24 heavy (non-hydrogen) atoms. The third-order valence-electron chi connectivity index (χ3n) is 3.30. The largest absolute Gasteiger partial charge is 0.296 e. The van der Waals surface area contributed by atoms with Gasteiger partial charge in [0.05, 0.1) is 0 Å². The molecule has 1 aromatic carbocycles. The minimum atomic E-state index is -0.425. The number of H-pyrrole nitrogens is 1. The third kappa shape index (κ3) is 3.87. The Morgan fingerprint density at radius 3 is 2.88 bits per heavy atom. The molecule has 0 unspecified atom stereocenters.